The Morgan fingerprint density at radius 1 is 1.11 bits per heavy atom. The Balaban J connectivity index is 1.87. The Kier molecular flexibility index (Phi) is 5.48. The molecule has 0 radical (unpaired) electrons. The summed E-state index contributed by atoms with van der Waals surface area (Å²) in [4.78, 5) is 5.26. The van der Waals surface area contributed by atoms with Crippen molar-refractivity contribution in [1.29, 1.82) is 0 Å². The van der Waals surface area contributed by atoms with Crippen molar-refractivity contribution in [1.82, 2.24) is 4.98 Å². The summed E-state index contributed by atoms with van der Waals surface area (Å²) < 4.78 is 2.50. The molecule has 2 unspecified atom stereocenters. The van der Waals surface area contributed by atoms with Gasteiger partial charge in [0, 0.05) is 23.8 Å². The summed E-state index contributed by atoms with van der Waals surface area (Å²) in [5.74, 6) is 0.633. The molecule has 4 rings (SSSR count). The van der Waals surface area contributed by atoms with Crippen LogP contribution in [0.3, 0.4) is 0 Å². The van der Waals surface area contributed by atoms with E-state index >= 15 is 0 Å². The van der Waals surface area contributed by atoms with E-state index in [-0.39, 0.29) is 5.41 Å². The molecule has 2 atom stereocenters. The second-order valence-corrected chi connectivity index (χ2v) is 8.64. The molecular formula is C26H33N2+. The molecule has 0 amide bonds. The maximum atomic E-state index is 5.26. The van der Waals surface area contributed by atoms with Crippen molar-refractivity contribution in [2.75, 3.05) is 0 Å². The van der Waals surface area contributed by atoms with Gasteiger partial charge in [-0.05, 0) is 31.6 Å². The van der Waals surface area contributed by atoms with Gasteiger partial charge < -0.3 is 0 Å². The van der Waals surface area contributed by atoms with Crippen LogP contribution >= 0.6 is 0 Å². The SMILES string of the molecule is CCC(C)C1(Cc2c(-c3ccccc3)nc3c([n+]2C)CCCC3)C=CC=CC1. The maximum absolute atomic E-state index is 5.26. The molecule has 146 valence electrons. The third kappa shape index (κ3) is 3.45. The van der Waals surface area contributed by atoms with E-state index in [0.29, 0.717) is 5.92 Å². The van der Waals surface area contributed by atoms with E-state index < -0.39 is 0 Å². The Morgan fingerprint density at radius 3 is 2.61 bits per heavy atom. The molecule has 0 aliphatic heterocycles. The fourth-order valence-corrected chi connectivity index (χ4v) is 4.98. The van der Waals surface area contributed by atoms with E-state index in [9.17, 15) is 0 Å². The van der Waals surface area contributed by atoms with Gasteiger partial charge in [-0.25, -0.2) is 4.98 Å². The lowest BCUT2D eigenvalue weighted by molar-refractivity contribution is -0.688. The van der Waals surface area contributed by atoms with E-state index in [1.807, 2.05) is 0 Å². The van der Waals surface area contributed by atoms with Crippen molar-refractivity contribution in [2.24, 2.45) is 18.4 Å². The van der Waals surface area contributed by atoms with E-state index in [1.54, 1.807) is 0 Å². The van der Waals surface area contributed by atoms with Crippen molar-refractivity contribution in [3.8, 4) is 11.3 Å². The average Bonchev–Trinajstić information content (AvgIpc) is 2.76. The summed E-state index contributed by atoms with van der Waals surface area (Å²) in [6, 6.07) is 10.8. The number of hydrogen-bond donors (Lipinski definition) is 0. The van der Waals surface area contributed by atoms with E-state index in [4.69, 9.17) is 4.98 Å². The normalized spacial score (nSPS) is 22.1. The van der Waals surface area contributed by atoms with Crippen LogP contribution in [0.4, 0.5) is 0 Å². The van der Waals surface area contributed by atoms with Gasteiger partial charge in [0.25, 0.3) is 0 Å². The quantitative estimate of drug-likeness (QED) is 0.629. The average molecular weight is 374 g/mol. The number of aryl methyl sites for hydroxylation is 1. The number of benzene rings is 1. The molecule has 2 aromatic rings. The molecule has 0 N–H and O–H groups in total. The smallest absolute Gasteiger partial charge is 0.208 e. The van der Waals surface area contributed by atoms with E-state index in [2.05, 4.69) is 80.1 Å². The number of aromatic nitrogens is 2. The summed E-state index contributed by atoms with van der Waals surface area (Å²) in [6.07, 6.45) is 17.4. The number of hydrogen-bond acceptors (Lipinski definition) is 1. The first-order valence-electron chi connectivity index (χ1n) is 10.9. The van der Waals surface area contributed by atoms with Gasteiger partial charge in [0.2, 0.25) is 11.4 Å². The highest BCUT2D eigenvalue weighted by atomic mass is 15.0. The molecule has 0 saturated carbocycles. The van der Waals surface area contributed by atoms with Gasteiger partial charge in [-0.15, -0.1) is 0 Å². The zero-order valence-corrected chi connectivity index (χ0v) is 17.6. The van der Waals surface area contributed by atoms with Gasteiger partial charge in [-0.3, -0.25) is 0 Å². The van der Waals surface area contributed by atoms with Crippen LogP contribution in [0.25, 0.3) is 11.3 Å². The minimum atomic E-state index is 0.176. The number of nitrogens with zero attached hydrogens (tertiary/aromatic N) is 2. The van der Waals surface area contributed by atoms with Crippen LogP contribution in [0.1, 0.15) is 56.6 Å². The van der Waals surface area contributed by atoms with E-state index in [0.717, 1.165) is 25.7 Å². The lowest BCUT2D eigenvalue weighted by Crippen LogP contribution is -2.45. The van der Waals surface area contributed by atoms with Crippen molar-refractivity contribution in [3.05, 3.63) is 71.7 Å². The predicted octanol–water partition coefficient (Wildman–Crippen LogP) is 5.54. The van der Waals surface area contributed by atoms with Crippen molar-refractivity contribution in [2.45, 2.75) is 58.8 Å². The monoisotopic (exact) mass is 373 g/mol. The maximum Gasteiger partial charge on any atom is 0.208 e. The first kappa shape index (κ1) is 19.1. The Labute approximate surface area is 170 Å². The standard InChI is InChI=1S/C26H33N2/c1-4-20(2)26(17-11-6-12-18-26)19-24-25(21-13-7-5-8-14-21)27-22-15-9-10-16-23(22)28(24)3/h5-8,11-14,17,20H,4,9-10,15-16,18-19H2,1-3H3/q+1. The molecule has 0 spiro atoms. The third-order valence-electron chi connectivity index (χ3n) is 7.05. The lowest BCUT2D eigenvalue weighted by atomic mass is 9.67. The summed E-state index contributed by atoms with van der Waals surface area (Å²) >= 11 is 0. The molecule has 0 bridgehead atoms. The fourth-order valence-electron chi connectivity index (χ4n) is 4.98. The first-order valence-corrected chi connectivity index (χ1v) is 10.9. The number of fused-ring (bicyclic) bond motifs is 1. The molecule has 2 aliphatic carbocycles. The van der Waals surface area contributed by atoms with Crippen LogP contribution in [0.15, 0.2) is 54.6 Å². The zero-order valence-electron chi connectivity index (χ0n) is 17.6. The van der Waals surface area contributed by atoms with Crippen LogP contribution in [-0.2, 0) is 26.3 Å². The highest BCUT2D eigenvalue weighted by molar-refractivity contribution is 5.61. The molecule has 0 saturated heterocycles. The molecule has 1 aromatic heterocycles. The van der Waals surface area contributed by atoms with Crippen LogP contribution in [0, 0.1) is 11.3 Å². The van der Waals surface area contributed by atoms with Gasteiger partial charge in [-0.2, -0.15) is 4.57 Å². The Hall–Kier alpha value is -2.22. The largest absolute Gasteiger partial charge is 0.240 e. The Bertz CT molecular complexity index is 894. The third-order valence-corrected chi connectivity index (χ3v) is 7.05. The van der Waals surface area contributed by atoms with Crippen LogP contribution in [0.5, 0.6) is 0 Å². The molecule has 28 heavy (non-hydrogen) atoms. The van der Waals surface area contributed by atoms with Crippen molar-refractivity contribution >= 4 is 0 Å². The second kappa shape index (κ2) is 8.03. The molecule has 0 fully saturated rings. The van der Waals surface area contributed by atoms with Crippen molar-refractivity contribution < 1.29 is 4.57 Å². The molecule has 2 aliphatic rings. The topological polar surface area (TPSA) is 16.8 Å². The highest BCUT2D eigenvalue weighted by Crippen LogP contribution is 2.42. The summed E-state index contributed by atoms with van der Waals surface area (Å²) in [5, 5.41) is 0. The van der Waals surface area contributed by atoms with Gasteiger partial charge in [0.15, 0.2) is 0 Å². The summed E-state index contributed by atoms with van der Waals surface area (Å²) in [5.41, 5.74) is 6.77. The highest BCUT2D eigenvalue weighted by Gasteiger charge is 2.38. The fraction of sp³-hybridized carbons (Fsp3) is 0.462. The molecule has 1 aromatic carbocycles. The predicted molar refractivity (Wildman–Crippen MR) is 116 cm³/mol. The number of allylic oxidation sites excluding steroid dienone is 4. The van der Waals surface area contributed by atoms with E-state index in [1.165, 1.54) is 47.6 Å². The molecule has 1 heterocycles. The van der Waals surface area contributed by atoms with Crippen LogP contribution in [0.2, 0.25) is 0 Å². The second-order valence-electron chi connectivity index (χ2n) is 8.64. The summed E-state index contributed by atoms with van der Waals surface area (Å²) in [7, 11) is 2.28. The first-order chi connectivity index (χ1) is 13.6. The Morgan fingerprint density at radius 2 is 1.89 bits per heavy atom. The number of rotatable bonds is 5. The minimum Gasteiger partial charge on any atom is -0.240 e. The summed E-state index contributed by atoms with van der Waals surface area (Å²) in [6.45, 7) is 4.74. The van der Waals surface area contributed by atoms with Gasteiger partial charge in [-0.1, -0.05) is 74.9 Å². The van der Waals surface area contributed by atoms with Crippen molar-refractivity contribution in [3.63, 3.8) is 0 Å². The molecule has 2 nitrogen and oxygen atoms in total. The van der Waals surface area contributed by atoms with Gasteiger partial charge in [0.1, 0.15) is 18.4 Å². The van der Waals surface area contributed by atoms with Crippen LogP contribution in [-0.4, -0.2) is 4.98 Å². The van der Waals surface area contributed by atoms with Gasteiger partial charge >= 0.3 is 0 Å². The molecular weight excluding hydrogens is 340 g/mol. The zero-order chi connectivity index (χ0) is 19.6. The minimum absolute atomic E-state index is 0.176. The van der Waals surface area contributed by atoms with Crippen LogP contribution < -0.4 is 4.57 Å². The van der Waals surface area contributed by atoms with Gasteiger partial charge in [0.05, 0.1) is 0 Å². The lowest BCUT2D eigenvalue weighted by Gasteiger charge is -2.36. The molecule has 2 heteroatoms.